The van der Waals surface area contributed by atoms with Crippen LogP contribution in [0.25, 0.3) is 10.9 Å². The summed E-state index contributed by atoms with van der Waals surface area (Å²) < 4.78 is 2.16. The number of aryl methyl sites for hydroxylation is 2. The molecule has 1 fully saturated rings. The molecule has 2 aromatic heterocycles. The molecule has 1 aliphatic carbocycles. The van der Waals surface area contributed by atoms with Crippen LogP contribution in [0.2, 0.25) is 0 Å². The van der Waals surface area contributed by atoms with Crippen LogP contribution >= 0.6 is 0 Å². The van der Waals surface area contributed by atoms with E-state index < -0.39 is 5.97 Å². The first-order chi connectivity index (χ1) is 11.5. The zero-order valence-electron chi connectivity index (χ0n) is 13.9. The Kier molecular flexibility index (Phi) is 3.41. The zero-order chi connectivity index (χ0) is 16.8. The van der Waals surface area contributed by atoms with Gasteiger partial charge in [0.05, 0.1) is 11.3 Å². The van der Waals surface area contributed by atoms with Crippen molar-refractivity contribution in [1.82, 2.24) is 9.55 Å². The van der Waals surface area contributed by atoms with Crippen LogP contribution in [0.1, 0.15) is 51.6 Å². The summed E-state index contributed by atoms with van der Waals surface area (Å²) in [4.78, 5) is 16.1. The lowest BCUT2D eigenvalue weighted by molar-refractivity contribution is 0.0695. The second kappa shape index (κ2) is 5.48. The number of carboxylic acids is 1. The molecule has 0 saturated heterocycles. The lowest BCUT2D eigenvalue weighted by Gasteiger charge is -2.08. The highest BCUT2D eigenvalue weighted by molar-refractivity contribution is 5.89. The van der Waals surface area contributed by atoms with Gasteiger partial charge in [0.25, 0.3) is 0 Å². The molecule has 3 aromatic rings. The third-order valence-corrected chi connectivity index (χ3v) is 4.99. The molecule has 0 spiro atoms. The molecular formula is C20H20N2O2. The molecule has 0 atom stereocenters. The zero-order valence-corrected chi connectivity index (χ0v) is 13.9. The van der Waals surface area contributed by atoms with Gasteiger partial charge in [-0.2, -0.15) is 0 Å². The summed E-state index contributed by atoms with van der Waals surface area (Å²) in [5, 5.41) is 10.7. The number of rotatable bonds is 4. The first-order valence-electron chi connectivity index (χ1n) is 8.30. The Morgan fingerprint density at radius 2 is 2.08 bits per heavy atom. The molecule has 4 rings (SSSR count). The van der Waals surface area contributed by atoms with Gasteiger partial charge in [-0.05, 0) is 61.1 Å². The number of aromatic carboxylic acids is 1. The predicted molar refractivity (Wildman–Crippen MR) is 93.6 cm³/mol. The maximum Gasteiger partial charge on any atom is 0.337 e. The molecule has 122 valence electrons. The molecular weight excluding hydrogens is 300 g/mol. The minimum absolute atomic E-state index is 0.337. The van der Waals surface area contributed by atoms with E-state index in [1.165, 1.54) is 16.6 Å². The number of carbonyl (C=O) groups is 1. The Labute approximate surface area is 140 Å². The Balaban J connectivity index is 1.70. The Morgan fingerprint density at radius 3 is 2.79 bits per heavy atom. The number of hydrogen-bond donors (Lipinski definition) is 1. The van der Waals surface area contributed by atoms with Gasteiger partial charge >= 0.3 is 5.97 Å². The van der Waals surface area contributed by atoms with Crippen molar-refractivity contribution in [3.05, 3.63) is 64.6 Å². The number of fused-ring (bicyclic) bond motifs is 1. The molecule has 1 N–H and O–H groups in total. The van der Waals surface area contributed by atoms with Crippen LogP contribution in [0.4, 0.5) is 0 Å². The molecule has 2 heterocycles. The molecule has 1 aromatic carbocycles. The van der Waals surface area contributed by atoms with Gasteiger partial charge in [0.1, 0.15) is 0 Å². The lowest BCUT2D eigenvalue weighted by Crippen LogP contribution is -2.07. The van der Waals surface area contributed by atoms with Crippen molar-refractivity contribution in [1.29, 1.82) is 0 Å². The number of carboxylic acid groups (broad SMARTS) is 1. The normalized spacial score (nSPS) is 14.2. The van der Waals surface area contributed by atoms with Crippen LogP contribution in [0.3, 0.4) is 0 Å². The van der Waals surface area contributed by atoms with Crippen LogP contribution in [0.5, 0.6) is 0 Å². The molecule has 0 aliphatic heterocycles. The van der Waals surface area contributed by atoms with Gasteiger partial charge in [-0.3, -0.25) is 4.98 Å². The highest BCUT2D eigenvalue weighted by Crippen LogP contribution is 2.40. The average molecular weight is 320 g/mol. The number of benzene rings is 1. The van der Waals surface area contributed by atoms with Crippen molar-refractivity contribution in [2.45, 2.75) is 32.1 Å². The van der Waals surface area contributed by atoms with E-state index in [1.807, 2.05) is 12.3 Å². The quantitative estimate of drug-likeness (QED) is 0.789. The van der Waals surface area contributed by atoms with E-state index in [0.717, 1.165) is 24.0 Å². The van der Waals surface area contributed by atoms with Gasteiger partial charge in [-0.25, -0.2) is 4.79 Å². The number of hydrogen-bond acceptors (Lipinski definition) is 2. The highest BCUT2D eigenvalue weighted by Gasteiger charge is 2.25. The van der Waals surface area contributed by atoms with E-state index in [0.29, 0.717) is 23.6 Å². The fourth-order valence-electron chi connectivity index (χ4n) is 3.32. The SMILES string of the molecule is Cc1cc2cc(Cc3ncc(C4CC4)cc3C(=O)O)ccc2n1C. The van der Waals surface area contributed by atoms with Gasteiger partial charge < -0.3 is 9.67 Å². The Bertz CT molecular complexity index is 952. The minimum atomic E-state index is -0.892. The van der Waals surface area contributed by atoms with E-state index in [-0.39, 0.29) is 0 Å². The summed E-state index contributed by atoms with van der Waals surface area (Å²) in [5.74, 6) is -0.384. The van der Waals surface area contributed by atoms with Gasteiger partial charge in [0.15, 0.2) is 0 Å². The molecule has 24 heavy (non-hydrogen) atoms. The Hall–Kier alpha value is -2.62. The van der Waals surface area contributed by atoms with Gasteiger partial charge in [0, 0.05) is 36.3 Å². The van der Waals surface area contributed by atoms with Crippen molar-refractivity contribution >= 4 is 16.9 Å². The van der Waals surface area contributed by atoms with E-state index in [1.54, 1.807) is 0 Å². The maximum atomic E-state index is 11.6. The van der Waals surface area contributed by atoms with Crippen molar-refractivity contribution in [2.75, 3.05) is 0 Å². The van der Waals surface area contributed by atoms with Crippen LogP contribution < -0.4 is 0 Å². The largest absolute Gasteiger partial charge is 0.478 e. The molecule has 0 amide bonds. The van der Waals surface area contributed by atoms with Crippen molar-refractivity contribution in [3.63, 3.8) is 0 Å². The number of pyridine rings is 1. The standard InChI is InChI=1S/C20H20N2O2/c1-12-7-15-8-13(3-6-19(15)22(12)2)9-18-17(20(23)24)10-16(11-21-18)14-4-5-14/h3,6-8,10-11,14H,4-5,9H2,1-2H3,(H,23,24). The number of aromatic nitrogens is 2. The smallest absolute Gasteiger partial charge is 0.337 e. The molecule has 0 radical (unpaired) electrons. The molecule has 4 nitrogen and oxygen atoms in total. The summed E-state index contributed by atoms with van der Waals surface area (Å²) in [6.45, 7) is 2.08. The lowest BCUT2D eigenvalue weighted by atomic mass is 10.0. The summed E-state index contributed by atoms with van der Waals surface area (Å²) in [5.41, 5.74) is 5.52. The summed E-state index contributed by atoms with van der Waals surface area (Å²) in [6, 6.07) is 10.2. The van der Waals surface area contributed by atoms with Gasteiger partial charge in [-0.15, -0.1) is 0 Å². The molecule has 1 saturated carbocycles. The molecule has 0 unspecified atom stereocenters. The molecule has 4 heteroatoms. The first kappa shape index (κ1) is 14.9. The summed E-state index contributed by atoms with van der Waals surface area (Å²) in [7, 11) is 2.05. The van der Waals surface area contributed by atoms with E-state index in [9.17, 15) is 9.90 Å². The predicted octanol–water partition coefficient (Wildman–Crippen LogP) is 4.05. The maximum absolute atomic E-state index is 11.6. The molecule has 1 aliphatic rings. The number of nitrogens with zero attached hydrogens (tertiary/aromatic N) is 2. The average Bonchev–Trinajstić information content (AvgIpc) is 3.35. The van der Waals surface area contributed by atoms with E-state index in [4.69, 9.17) is 0 Å². The van der Waals surface area contributed by atoms with Crippen molar-refractivity contribution in [3.8, 4) is 0 Å². The second-order valence-corrected chi connectivity index (χ2v) is 6.76. The van der Waals surface area contributed by atoms with Crippen LogP contribution in [0, 0.1) is 6.92 Å². The van der Waals surface area contributed by atoms with E-state index in [2.05, 4.69) is 47.8 Å². The summed E-state index contributed by atoms with van der Waals surface area (Å²) in [6.07, 6.45) is 4.68. The first-order valence-corrected chi connectivity index (χ1v) is 8.30. The topological polar surface area (TPSA) is 55.1 Å². The van der Waals surface area contributed by atoms with Crippen LogP contribution in [0.15, 0.2) is 36.5 Å². The second-order valence-electron chi connectivity index (χ2n) is 6.76. The fourth-order valence-corrected chi connectivity index (χ4v) is 3.32. The monoisotopic (exact) mass is 320 g/mol. The van der Waals surface area contributed by atoms with E-state index >= 15 is 0 Å². The molecule has 0 bridgehead atoms. The third kappa shape index (κ3) is 2.58. The Morgan fingerprint density at radius 1 is 1.29 bits per heavy atom. The van der Waals surface area contributed by atoms with Gasteiger partial charge in [0.2, 0.25) is 0 Å². The van der Waals surface area contributed by atoms with Crippen molar-refractivity contribution in [2.24, 2.45) is 7.05 Å². The van der Waals surface area contributed by atoms with Crippen molar-refractivity contribution < 1.29 is 9.90 Å². The summed E-state index contributed by atoms with van der Waals surface area (Å²) >= 11 is 0. The van der Waals surface area contributed by atoms with Crippen LogP contribution in [-0.4, -0.2) is 20.6 Å². The highest BCUT2D eigenvalue weighted by atomic mass is 16.4. The van der Waals surface area contributed by atoms with Crippen LogP contribution in [-0.2, 0) is 13.5 Å². The minimum Gasteiger partial charge on any atom is -0.478 e. The fraction of sp³-hybridized carbons (Fsp3) is 0.300. The van der Waals surface area contributed by atoms with Gasteiger partial charge in [-0.1, -0.05) is 6.07 Å². The third-order valence-electron chi connectivity index (χ3n) is 4.99.